The topological polar surface area (TPSA) is 40.5 Å². The van der Waals surface area contributed by atoms with Crippen molar-refractivity contribution in [3.63, 3.8) is 0 Å². The van der Waals surface area contributed by atoms with Gasteiger partial charge in [-0.25, -0.2) is 0 Å². The Hall–Kier alpha value is -1.06. The second-order valence-electron chi connectivity index (χ2n) is 6.50. The minimum absolute atomic E-state index is 0.0596. The van der Waals surface area contributed by atoms with Crippen LogP contribution in [0.25, 0.3) is 0 Å². The first-order valence-electron chi connectivity index (χ1n) is 7.45. The van der Waals surface area contributed by atoms with Crippen molar-refractivity contribution in [2.75, 3.05) is 13.1 Å². The third-order valence-corrected chi connectivity index (χ3v) is 3.39. The molecule has 0 bridgehead atoms. The Morgan fingerprint density at radius 3 is 2.14 bits per heavy atom. The van der Waals surface area contributed by atoms with E-state index in [1.807, 2.05) is 0 Å². The molecule has 0 saturated heterocycles. The van der Waals surface area contributed by atoms with E-state index < -0.39 is 0 Å². The Bertz CT molecular complexity index is 488. The summed E-state index contributed by atoms with van der Waals surface area (Å²) in [4.78, 5) is 13.9. The van der Waals surface area contributed by atoms with E-state index in [1.54, 1.807) is 6.07 Å². The number of benzene rings is 1. The maximum atomic E-state index is 11.6. The van der Waals surface area contributed by atoms with Crippen LogP contribution in [0.15, 0.2) is 12.1 Å². The van der Waals surface area contributed by atoms with Crippen molar-refractivity contribution in [1.82, 2.24) is 4.90 Å². The summed E-state index contributed by atoms with van der Waals surface area (Å²) >= 11 is 6.08. The molecular formula is C17H26ClNO2. The van der Waals surface area contributed by atoms with Crippen LogP contribution in [0.5, 0.6) is 5.75 Å². The number of phenolic OH excluding ortho intramolecular Hbond substituents is 1. The van der Waals surface area contributed by atoms with E-state index in [0.717, 1.165) is 13.1 Å². The maximum Gasteiger partial charge on any atom is 0.163 e. The lowest BCUT2D eigenvalue weighted by molar-refractivity contribution is 0.101. The first-order valence-corrected chi connectivity index (χ1v) is 7.83. The number of ketones is 1. The Morgan fingerprint density at radius 2 is 1.71 bits per heavy atom. The Balaban J connectivity index is 3.05. The lowest BCUT2D eigenvalue weighted by Crippen LogP contribution is -2.31. The number of phenols is 1. The van der Waals surface area contributed by atoms with Gasteiger partial charge in [0.05, 0.1) is 5.56 Å². The lowest BCUT2D eigenvalue weighted by atomic mass is 10.0. The SMILES string of the molecule is CC(=O)c1cc(Cl)cc(CN(CC(C)C)CC(C)C)c1O. The number of rotatable bonds is 7. The van der Waals surface area contributed by atoms with Crippen molar-refractivity contribution in [2.24, 2.45) is 11.8 Å². The largest absolute Gasteiger partial charge is 0.507 e. The average Bonchev–Trinajstić information content (AvgIpc) is 2.31. The summed E-state index contributed by atoms with van der Waals surface area (Å²) in [5, 5.41) is 10.8. The molecular weight excluding hydrogens is 286 g/mol. The fourth-order valence-electron chi connectivity index (χ4n) is 2.52. The summed E-state index contributed by atoms with van der Waals surface area (Å²) in [5.74, 6) is 0.967. The van der Waals surface area contributed by atoms with Gasteiger partial charge in [-0.2, -0.15) is 0 Å². The van der Waals surface area contributed by atoms with Crippen LogP contribution in [0.4, 0.5) is 0 Å². The molecule has 0 saturated carbocycles. The number of carbonyl (C=O) groups excluding carboxylic acids is 1. The molecule has 0 atom stereocenters. The summed E-state index contributed by atoms with van der Waals surface area (Å²) in [5.41, 5.74) is 1.01. The summed E-state index contributed by atoms with van der Waals surface area (Å²) in [6, 6.07) is 3.27. The fraction of sp³-hybridized carbons (Fsp3) is 0.588. The van der Waals surface area contributed by atoms with Gasteiger partial charge in [-0.05, 0) is 30.9 Å². The molecule has 0 aromatic heterocycles. The van der Waals surface area contributed by atoms with Crippen molar-refractivity contribution >= 4 is 17.4 Å². The van der Waals surface area contributed by atoms with Crippen LogP contribution < -0.4 is 0 Å². The number of hydrogen-bond donors (Lipinski definition) is 1. The lowest BCUT2D eigenvalue weighted by Gasteiger charge is -2.26. The average molecular weight is 312 g/mol. The molecule has 0 fully saturated rings. The molecule has 1 aromatic carbocycles. The second-order valence-corrected chi connectivity index (χ2v) is 6.94. The molecule has 4 heteroatoms. The molecule has 3 nitrogen and oxygen atoms in total. The summed E-state index contributed by atoms with van der Waals surface area (Å²) < 4.78 is 0. The Morgan fingerprint density at radius 1 is 1.19 bits per heavy atom. The highest BCUT2D eigenvalue weighted by atomic mass is 35.5. The maximum absolute atomic E-state index is 11.6. The van der Waals surface area contributed by atoms with Gasteiger partial charge in [-0.3, -0.25) is 9.69 Å². The van der Waals surface area contributed by atoms with Gasteiger partial charge in [-0.1, -0.05) is 39.3 Å². The molecule has 1 N–H and O–H groups in total. The predicted molar refractivity (Wildman–Crippen MR) is 88.1 cm³/mol. The quantitative estimate of drug-likeness (QED) is 0.760. The molecule has 1 rings (SSSR count). The molecule has 0 spiro atoms. The van der Waals surface area contributed by atoms with Crippen LogP contribution in [0.2, 0.25) is 5.02 Å². The van der Waals surface area contributed by atoms with Gasteiger partial charge in [0.25, 0.3) is 0 Å². The van der Waals surface area contributed by atoms with Gasteiger partial charge in [0.15, 0.2) is 5.78 Å². The van der Waals surface area contributed by atoms with E-state index in [-0.39, 0.29) is 11.5 Å². The van der Waals surface area contributed by atoms with Crippen molar-refractivity contribution in [3.05, 3.63) is 28.3 Å². The van der Waals surface area contributed by atoms with E-state index in [1.165, 1.54) is 13.0 Å². The van der Waals surface area contributed by atoms with Crippen LogP contribution in [0.1, 0.15) is 50.5 Å². The van der Waals surface area contributed by atoms with Gasteiger partial charge in [0.2, 0.25) is 0 Å². The number of carbonyl (C=O) groups is 1. The van der Waals surface area contributed by atoms with Crippen molar-refractivity contribution in [3.8, 4) is 5.75 Å². The fourth-order valence-corrected chi connectivity index (χ4v) is 2.76. The molecule has 0 heterocycles. The molecule has 0 unspecified atom stereocenters. The molecule has 1 aromatic rings. The highest BCUT2D eigenvalue weighted by Gasteiger charge is 2.17. The zero-order valence-electron chi connectivity index (χ0n) is 13.6. The van der Waals surface area contributed by atoms with Crippen LogP contribution >= 0.6 is 11.6 Å². The normalized spacial score (nSPS) is 11.7. The summed E-state index contributed by atoms with van der Waals surface area (Å²) in [6.07, 6.45) is 0. The first kappa shape index (κ1) is 18.0. The zero-order valence-corrected chi connectivity index (χ0v) is 14.4. The van der Waals surface area contributed by atoms with Crippen LogP contribution in [0, 0.1) is 11.8 Å². The predicted octanol–water partition coefficient (Wildman–Crippen LogP) is 4.36. The molecule has 0 amide bonds. The van der Waals surface area contributed by atoms with Gasteiger partial charge < -0.3 is 5.11 Å². The smallest absolute Gasteiger partial charge is 0.163 e. The first-order chi connectivity index (χ1) is 9.70. The van der Waals surface area contributed by atoms with Gasteiger partial charge >= 0.3 is 0 Å². The second kappa shape index (κ2) is 7.81. The number of hydrogen-bond acceptors (Lipinski definition) is 3. The monoisotopic (exact) mass is 311 g/mol. The van der Waals surface area contributed by atoms with Crippen LogP contribution in [-0.2, 0) is 6.54 Å². The summed E-state index contributed by atoms with van der Waals surface area (Å²) in [6.45, 7) is 12.6. The molecule has 0 radical (unpaired) electrons. The van der Waals surface area contributed by atoms with Crippen molar-refractivity contribution in [1.29, 1.82) is 0 Å². The molecule has 0 aliphatic carbocycles. The van der Waals surface area contributed by atoms with Crippen LogP contribution in [0.3, 0.4) is 0 Å². The number of aromatic hydroxyl groups is 1. The van der Waals surface area contributed by atoms with E-state index in [0.29, 0.717) is 34.5 Å². The number of Topliss-reactive ketones (excluding diaryl/α,β-unsaturated/α-hetero) is 1. The third-order valence-electron chi connectivity index (χ3n) is 3.17. The van der Waals surface area contributed by atoms with Gasteiger partial charge in [-0.15, -0.1) is 0 Å². The van der Waals surface area contributed by atoms with E-state index in [9.17, 15) is 9.90 Å². The zero-order chi connectivity index (χ0) is 16.2. The molecule has 0 aliphatic heterocycles. The number of nitrogens with zero attached hydrogens (tertiary/aromatic N) is 1. The molecule has 0 aliphatic rings. The highest BCUT2D eigenvalue weighted by Crippen LogP contribution is 2.29. The van der Waals surface area contributed by atoms with Crippen LogP contribution in [-0.4, -0.2) is 28.9 Å². The van der Waals surface area contributed by atoms with Gasteiger partial charge in [0, 0.05) is 30.2 Å². The highest BCUT2D eigenvalue weighted by molar-refractivity contribution is 6.31. The Labute approximate surface area is 132 Å². The van der Waals surface area contributed by atoms with Gasteiger partial charge in [0.1, 0.15) is 5.75 Å². The van der Waals surface area contributed by atoms with E-state index in [4.69, 9.17) is 11.6 Å². The summed E-state index contributed by atoms with van der Waals surface area (Å²) in [7, 11) is 0. The third kappa shape index (κ3) is 5.68. The number of halogens is 1. The standard InChI is InChI=1S/C17H26ClNO2/c1-11(2)8-19(9-12(3)4)10-14-6-15(18)7-16(13(5)20)17(14)21/h6-7,11-12,21H,8-10H2,1-5H3. The minimum Gasteiger partial charge on any atom is -0.507 e. The minimum atomic E-state index is -0.171. The van der Waals surface area contributed by atoms with Crippen molar-refractivity contribution in [2.45, 2.75) is 41.2 Å². The van der Waals surface area contributed by atoms with E-state index in [2.05, 4.69) is 32.6 Å². The molecule has 21 heavy (non-hydrogen) atoms. The van der Waals surface area contributed by atoms with Crippen molar-refractivity contribution < 1.29 is 9.90 Å². The Kier molecular flexibility index (Phi) is 6.69. The van der Waals surface area contributed by atoms with E-state index >= 15 is 0 Å². The molecule has 118 valence electrons.